The lowest BCUT2D eigenvalue weighted by Crippen LogP contribution is -2.40. The molecule has 1 aliphatic heterocycles. The third-order valence-electron chi connectivity index (χ3n) is 4.62. The Kier molecular flexibility index (Phi) is 6.79. The summed E-state index contributed by atoms with van der Waals surface area (Å²) >= 11 is 3.05. The minimum atomic E-state index is -0.111. The predicted octanol–water partition coefficient (Wildman–Crippen LogP) is 4.08. The summed E-state index contributed by atoms with van der Waals surface area (Å²) in [5.41, 5.74) is -0.111. The van der Waals surface area contributed by atoms with Crippen LogP contribution in [0.25, 0.3) is 0 Å². The third-order valence-corrected chi connectivity index (χ3v) is 6.75. The van der Waals surface area contributed by atoms with Gasteiger partial charge in [0.1, 0.15) is 5.76 Å². The number of carbonyl (C=O) groups excluding carboxylic acids is 2. The van der Waals surface area contributed by atoms with E-state index in [0.29, 0.717) is 36.8 Å². The molecule has 0 aliphatic carbocycles. The fourth-order valence-corrected chi connectivity index (χ4v) is 4.69. The highest BCUT2D eigenvalue weighted by molar-refractivity contribution is 8.00. The number of carbonyl (C=O) groups is 2. The maximum absolute atomic E-state index is 12.5. The molecule has 9 heteroatoms. The normalized spacial score (nSPS) is 15.3. The van der Waals surface area contributed by atoms with Crippen LogP contribution in [0.2, 0.25) is 0 Å². The first-order chi connectivity index (χ1) is 13.8. The van der Waals surface area contributed by atoms with Gasteiger partial charge in [-0.25, -0.2) is 9.97 Å². The molecule has 0 radical (unpaired) electrons. The van der Waals surface area contributed by atoms with E-state index < -0.39 is 0 Å². The average molecular weight is 435 g/mol. The van der Waals surface area contributed by atoms with Gasteiger partial charge in [-0.1, -0.05) is 38.7 Å². The summed E-state index contributed by atoms with van der Waals surface area (Å²) in [5, 5.41) is 3.50. The van der Waals surface area contributed by atoms with E-state index in [1.54, 1.807) is 29.1 Å². The number of thioether (sulfide) groups is 1. The van der Waals surface area contributed by atoms with Gasteiger partial charge in [-0.15, -0.1) is 11.8 Å². The molecule has 7 nitrogen and oxygen atoms in total. The van der Waals surface area contributed by atoms with E-state index in [0.717, 1.165) is 15.9 Å². The molecule has 0 bridgehead atoms. The van der Waals surface area contributed by atoms with Crippen molar-refractivity contribution in [3.05, 3.63) is 36.7 Å². The van der Waals surface area contributed by atoms with Crippen LogP contribution < -0.4 is 5.32 Å². The predicted molar refractivity (Wildman–Crippen MR) is 115 cm³/mol. The Bertz CT molecular complexity index is 876. The zero-order valence-corrected chi connectivity index (χ0v) is 18.6. The van der Waals surface area contributed by atoms with Crippen molar-refractivity contribution >= 4 is 40.0 Å². The standard InChI is InChI=1S/C20H26N4O3S2/c1-5-15(25)24-8-6-13(7-9-24)17(26)23-19-22-11-16(29-19)28-12-14-10-21-18(27-14)20(2,3)4/h5,10-11,13H,1,6-9,12H2,2-4H3,(H,22,23,26). The average Bonchev–Trinajstić information content (AvgIpc) is 3.35. The topological polar surface area (TPSA) is 88.3 Å². The zero-order chi connectivity index (χ0) is 21.0. The molecule has 156 valence electrons. The molecule has 0 unspecified atom stereocenters. The minimum Gasteiger partial charge on any atom is -0.444 e. The van der Waals surface area contributed by atoms with Crippen molar-refractivity contribution in [2.75, 3.05) is 18.4 Å². The molecule has 2 aromatic rings. The van der Waals surface area contributed by atoms with Crippen LogP contribution in [-0.4, -0.2) is 39.8 Å². The number of nitrogens with zero attached hydrogens (tertiary/aromatic N) is 3. The molecule has 3 heterocycles. The third kappa shape index (κ3) is 5.70. The van der Waals surface area contributed by atoms with E-state index in [-0.39, 0.29) is 23.1 Å². The Morgan fingerprint density at radius 1 is 1.34 bits per heavy atom. The molecule has 0 atom stereocenters. The van der Waals surface area contributed by atoms with Gasteiger partial charge in [0.05, 0.1) is 22.4 Å². The maximum Gasteiger partial charge on any atom is 0.245 e. The first kappa shape index (κ1) is 21.6. The fourth-order valence-electron chi connectivity index (χ4n) is 2.95. The van der Waals surface area contributed by atoms with Crippen LogP contribution in [0.15, 0.2) is 33.7 Å². The molecule has 1 fully saturated rings. The molecule has 0 spiro atoms. The number of rotatable bonds is 6. The van der Waals surface area contributed by atoms with E-state index >= 15 is 0 Å². The lowest BCUT2D eigenvalue weighted by atomic mass is 9.96. The van der Waals surface area contributed by atoms with Crippen molar-refractivity contribution in [3.63, 3.8) is 0 Å². The number of anilines is 1. The first-order valence-electron chi connectivity index (χ1n) is 9.52. The van der Waals surface area contributed by atoms with E-state index in [9.17, 15) is 9.59 Å². The summed E-state index contributed by atoms with van der Waals surface area (Å²) in [6.45, 7) is 10.9. The van der Waals surface area contributed by atoms with E-state index in [1.807, 2.05) is 0 Å². The van der Waals surface area contributed by atoms with Crippen LogP contribution >= 0.6 is 23.1 Å². The van der Waals surface area contributed by atoms with Gasteiger partial charge in [-0.2, -0.15) is 0 Å². The molecular formula is C20H26N4O3S2. The number of amides is 2. The lowest BCUT2D eigenvalue weighted by molar-refractivity contribution is -0.130. The van der Waals surface area contributed by atoms with Crippen LogP contribution in [0, 0.1) is 5.92 Å². The van der Waals surface area contributed by atoms with Crippen LogP contribution in [0.4, 0.5) is 5.13 Å². The summed E-state index contributed by atoms with van der Waals surface area (Å²) in [6, 6.07) is 0. The Balaban J connectivity index is 1.48. The number of hydrogen-bond donors (Lipinski definition) is 1. The molecule has 3 rings (SSSR count). The van der Waals surface area contributed by atoms with Crippen molar-refractivity contribution in [2.45, 2.75) is 49.0 Å². The van der Waals surface area contributed by atoms with Crippen molar-refractivity contribution in [2.24, 2.45) is 5.92 Å². The Morgan fingerprint density at radius 2 is 2.07 bits per heavy atom. The quantitative estimate of drug-likeness (QED) is 0.544. The van der Waals surface area contributed by atoms with Gasteiger partial charge in [0.25, 0.3) is 0 Å². The van der Waals surface area contributed by atoms with E-state index in [4.69, 9.17) is 4.42 Å². The Morgan fingerprint density at radius 3 is 2.69 bits per heavy atom. The van der Waals surface area contributed by atoms with Crippen molar-refractivity contribution in [1.82, 2.24) is 14.9 Å². The highest BCUT2D eigenvalue weighted by Crippen LogP contribution is 2.32. The fraction of sp³-hybridized carbons (Fsp3) is 0.500. The van der Waals surface area contributed by atoms with Gasteiger partial charge in [-0.05, 0) is 18.9 Å². The molecule has 2 aromatic heterocycles. The second-order valence-corrected chi connectivity index (χ2v) is 10.3. The van der Waals surface area contributed by atoms with Gasteiger partial charge in [-0.3, -0.25) is 9.59 Å². The van der Waals surface area contributed by atoms with E-state index in [2.05, 4.69) is 42.6 Å². The largest absolute Gasteiger partial charge is 0.444 e. The minimum absolute atomic E-state index is 0.0355. The number of thiazole rings is 1. The Labute approximate surface area is 179 Å². The molecule has 0 saturated carbocycles. The number of hydrogen-bond acceptors (Lipinski definition) is 7. The molecule has 1 N–H and O–H groups in total. The van der Waals surface area contributed by atoms with Crippen molar-refractivity contribution < 1.29 is 14.0 Å². The summed E-state index contributed by atoms with van der Waals surface area (Å²) in [7, 11) is 0. The molecule has 1 aliphatic rings. The van der Waals surface area contributed by atoms with E-state index in [1.165, 1.54) is 17.4 Å². The van der Waals surface area contributed by atoms with Crippen LogP contribution in [0.3, 0.4) is 0 Å². The second kappa shape index (κ2) is 9.13. The van der Waals surface area contributed by atoms with Crippen LogP contribution in [0.1, 0.15) is 45.3 Å². The zero-order valence-electron chi connectivity index (χ0n) is 16.9. The van der Waals surface area contributed by atoms with Gasteiger partial charge in [0.2, 0.25) is 11.8 Å². The molecule has 29 heavy (non-hydrogen) atoms. The highest BCUT2D eigenvalue weighted by atomic mass is 32.2. The number of oxazole rings is 1. The van der Waals surface area contributed by atoms with Gasteiger partial charge < -0.3 is 14.6 Å². The van der Waals surface area contributed by atoms with Gasteiger partial charge in [0, 0.05) is 24.4 Å². The summed E-state index contributed by atoms with van der Waals surface area (Å²) < 4.78 is 6.80. The number of aromatic nitrogens is 2. The van der Waals surface area contributed by atoms with Gasteiger partial charge >= 0.3 is 0 Å². The lowest BCUT2D eigenvalue weighted by Gasteiger charge is -2.30. The van der Waals surface area contributed by atoms with Crippen LogP contribution in [-0.2, 0) is 20.8 Å². The maximum atomic E-state index is 12.5. The smallest absolute Gasteiger partial charge is 0.245 e. The van der Waals surface area contributed by atoms with Crippen molar-refractivity contribution in [3.8, 4) is 0 Å². The number of likely N-dealkylation sites (tertiary alicyclic amines) is 1. The van der Waals surface area contributed by atoms with Crippen molar-refractivity contribution in [1.29, 1.82) is 0 Å². The summed E-state index contributed by atoms with van der Waals surface area (Å²) in [4.78, 5) is 34.5. The molecule has 1 saturated heterocycles. The molecule has 2 amide bonds. The van der Waals surface area contributed by atoms with Crippen LogP contribution in [0.5, 0.6) is 0 Å². The monoisotopic (exact) mass is 434 g/mol. The highest BCUT2D eigenvalue weighted by Gasteiger charge is 2.27. The number of piperidine rings is 1. The Hall–Kier alpha value is -2.13. The second-order valence-electron chi connectivity index (χ2n) is 7.95. The summed E-state index contributed by atoms with van der Waals surface area (Å²) in [5.74, 6) is 1.99. The molecule has 0 aromatic carbocycles. The molecular weight excluding hydrogens is 408 g/mol. The first-order valence-corrected chi connectivity index (χ1v) is 11.3. The van der Waals surface area contributed by atoms with Gasteiger partial charge in [0.15, 0.2) is 11.0 Å². The number of nitrogens with one attached hydrogen (secondary N) is 1. The summed E-state index contributed by atoms with van der Waals surface area (Å²) in [6.07, 6.45) is 6.15. The SMILES string of the molecule is C=CC(=O)N1CCC(C(=O)Nc2ncc(SCc3cnc(C(C)(C)C)o3)s2)CC1.